The molecule has 1 amide bonds. The summed E-state index contributed by atoms with van der Waals surface area (Å²) in [4.78, 5) is 25.7. The molecule has 2 aromatic heterocycles. The van der Waals surface area contributed by atoms with E-state index in [1.165, 1.54) is 0 Å². The Balaban J connectivity index is 1.93. The van der Waals surface area contributed by atoms with E-state index in [9.17, 15) is 4.79 Å². The van der Waals surface area contributed by atoms with Gasteiger partial charge in [0.2, 0.25) is 5.91 Å². The van der Waals surface area contributed by atoms with Gasteiger partial charge in [-0.1, -0.05) is 0 Å². The number of carbonyl (C=O) groups is 1. The third kappa shape index (κ3) is 2.21. The molecule has 0 spiro atoms. The highest BCUT2D eigenvalue weighted by atomic mass is 16.1. The number of hydrogen-bond donors (Lipinski definition) is 2. The quantitative estimate of drug-likeness (QED) is 0.862. The molecule has 20 heavy (non-hydrogen) atoms. The summed E-state index contributed by atoms with van der Waals surface area (Å²) in [6.45, 7) is 5.53. The van der Waals surface area contributed by atoms with E-state index in [2.05, 4.69) is 25.9 Å². The summed E-state index contributed by atoms with van der Waals surface area (Å²) in [6, 6.07) is 2.07. The van der Waals surface area contributed by atoms with Crippen molar-refractivity contribution in [2.24, 2.45) is 11.7 Å². The van der Waals surface area contributed by atoms with Crippen LogP contribution >= 0.6 is 0 Å². The SMILES string of the molecule is Cc1nc(N2CCC(C(N)=O)CC2)c2cc(C)[nH]c2n1. The average Bonchev–Trinajstić information content (AvgIpc) is 2.78. The number of aryl methyl sites for hydroxylation is 2. The van der Waals surface area contributed by atoms with Gasteiger partial charge in [0.1, 0.15) is 17.3 Å². The molecule has 0 bridgehead atoms. The molecule has 2 aromatic rings. The molecule has 106 valence electrons. The van der Waals surface area contributed by atoms with Crippen molar-refractivity contribution in [3.05, 3.63) is 17.6 Å². The van der Waals surface area contributed by atoms with Crippen molar-refractivity contribution in [2.75, 3.05) is 18.0 Å². The molecule has 1 saturated heterocycles. The van der Waals surface area contributed by atoms with Gasteiger partial charge in [-0.3, -0.25) is 4.79 Å². The summed E-state index contributed by atoms with van der Waals surface area (Å²) in [5.41, 5.74) is 7.34. The van der Waals surface area contributed by atoms with Crippen molar-refractivity contribution in [3.8, 4) is 0 Å². The molecule has 6 heteroatoms. The Labute approximate surface area is 117 Å². The van der Waals surface area contributed by atoms with Crippen LogP contribution in [0.4, 0.5) is 5.82 Å². The van der Waals surface area contributed by atoms with Crippen LogP contribution in [-0.2, 0) is 4.79 Å². The molecule has 0 unspecified atom stereocenters. The van der Waals surface area contributed by atoms with Gasteiger partial charge in [0.15, 0.2) is 0 Å². The van der Waals surface area contributed by atoms with Crippen LogP contribution in [0.1, 0.15) is 24.4 Å². The summed E-state index contributed by atoms with van der Waals surface area (Å²) in [5.74, 6) is 1.52. The summed E-state index contributed by atoms with van der Waals surface area (Å²) < 4.78 is 0. The van der Waals surface area contributed by atoms with Gasteiger partial charge in [0.25, 0.3) is 0 Å². The average molecular weight is 273 g/mol. The number of aromatic amines is 1. The van der Waals surface area contributed by atoms with Gasteiger partial charge in [-0.15, -0.1) is 0 Å². The maximum Gasteiger partial charge on any atom is 0.220 e. The maximum atomic E-state index is 11.2. The van der Waals surface area contributed by atoms with Gasteiger partial charge in [-0.25, -0.2) is 9.97 Å². The lowest BCUT2D eigenvalue weighted by molar-refractivity contribution is -0.122. The molecule has 0 aromatic carbocycles. The second kappa shape index (κ2) is 4.77. The third-order valence-corrected chi connectivity index (χ3v) is 3.91. The molecule has 1 aliphatic rings. The van der Waals surface area contributed by atoms with E-state index in [-0.39, 0.29) is 11.8 Å². The largest absolute Gasteiger partial charge is 0.369 e. The number of aromatic nitrogens is 3. The fourth-order valence-corrected chi connectivity index (χ4v) is 2.85. The minimum atomic E-state index is -0.189. The van der Waals surface area contributed by atoms with E-state index in [0.717, 1.165) is 54.3 Å². The number of nitrogens with two attached hydrogens (primary N) is 1. The van der Waals surface area contributed by atoms with Crippen LogP contribution in [0.5, 0.6) is 0 Å². The first-order valence-electron chi connectivity index (χ1n) is 6.93. The number of hydrogen-bond acceptors (Lipinski definition) is 4. The number of rotatable bonds is 2. The van der Waals surface area contributed by atoms with Crippen LogP contribution in [0.25, 0.3) is 11.0 Å². The number of primary amides is 1. The third-order valence-electron chi connectivity index (χ3n) is 3.91. The predicted molar refractivity (Wildman–Crippen MR) is 77.5 cm³/mol. The minimum absolute atomic E-state index is 0.00219. The fourth-order valence-electron chi connectivity index (χ4n) is 2.85. The fraction of sp³-hybridized carbons (Fsp3) is 0.500. The highest BCUT2D eigenvalue weighted by Crippen LogP contribution is 2.28. The zero-order chi connectivity index (χ0) is 14.3. The highest BCUT2D eigenvalue weighted by molar-refractivity contribution is 5.88. The first-order valence-corrected chi connectivity index (χ1v) is 6.93. The van der Waals surface area contributed by atoms with Crippen LogP contribution < -0.4 is 10.6 Å². The number of fused-ring (bicyclic) bond motifs is 1. The highest BCUT2D eigenvalue weighted by Gasteiger charge is 2.25. The molecule has 0 saturated carbocycles. The topological polar surface area (TPSA) is 87.9 Å². The van der Waals surface area contributed by atoms with Crippen molar-refractivity contribution in [1.82, 2.24) is 15.0 Å². The Morgan fingerprint density at radius 2 is 2.05 bits per heavy atom. The van der Waals surface area contributed by atoms with Crippen molar-refractivity contribution in [1.29, 1.82) is 0 Å². The minimum Gasteiger partial charge on any atom is -0.369 e. The summed E-state index contributed by atoms with van der Waals surface area (Å²) in [6.07, 6.45) is 1.59. The lowest BCUT2D eigenvalue weighted by Gasteiger charge is -2.31. The van der Waals surface area contributed by atoms with Crippen LogP contribution in [0.2, 0.25) is 0 Å². The molecular weight excluding hydrogens is 254 g/mol. The van der Waals surface area contributed by atoms with Crippen LogP contribution in [0, 0.1) is 19.8 Å². The molecule has 3 N–H and O–H groups in total. The number of piperidine rings is 1. The zero-order valence-corrected chi connectivity index (χ0v) is 11.8. The van der Waals surface area contributed by atoms with Crippen LogP contribution in [0.3, 0.4) is 0 Å². The number of amides is 1. The molecular formula is C14H19N5O. The first kappa shape index (κ1) is 12.9. The Hall–Kier alpha value is -2.11. The molecule has 1 fully saturated rings. The first-order chi connectivity index (χ1) is 9.54. The van der Waals surface area contributed by atoms with E-state index < -0.39 is 0 Å². The van der Waals surface area contributed by atoms with Crippen molar-refractivity contribution in [3.63, 3.8) is 0 Å². The van der Waals surface area contributed by atoms with Crippen molar-refractivity contribution >= 4 is 22.8 Å². The van der Waals surface area contributed by atoms with Gasteiger partial charge in [0, 0.05) is 24.7 Å². The van der Waals surface area contributed by atoms with Crippen molar-refractivity contribution in [2.45, 2.75) is 26.7 Å². The molecule has 1 aliphatic heterocycles. The Morgan fingerprint density at radius 3 is 2.70 bits per heavy atom. The Bertz CT molecular complexity index is 655. The van der Waals surface area contributed by atoms with E-state index in [1.807, 2.05) is 13.8 Å². The van der Waals surface area contributed by atoms with Crippen molar-refractivity contribution < 1.29 is 4.79 Å². The maximum absolute atomic E-state index is 11.2. The lowest BCUT2D eigenvalue weighted by atomic mass is 9.96. The van der Waals surface area contributed by atoms with Gasteiger partial charge in [-0.2, -0.15) is 0 Å². The number of anilines is 1. The lowest BCUT2D eigenvalue weighted by Crippen LogP contribution is -2.39. The molecule has 0 atom stereocenters. The predicted octanol–water partition coefficient (Wildman–Crippen LogP) is 1.28. The zero-order valence-electron chi connectivity index (χ0n) is 11.8. The molecule has 3 heterocycles. The molecule has 0 radical (unpaired) electrons. The smallest absolute Gasteiger partial charge is 0.220 e. The second-order valence-corrected chi connectivity index (χ2v) is 5.47. The van der Waals surface area contributed by atoms with Crippen LogP contribution in [-0.4, -0.2) is 33.9 Å². The number of nitrogens with zero attached hydrogens (tertiary/aromatic N) is 3. The van der Waals surface area contributed by atoms with E-state index >= 15 is 0 Å². The van der Waals surface area contributed by atoms with Gasteiger partial charge in [-0.05, 0) is 32.8 Å². The number of carbonyl (C=O) groups excluding carboxylic acids is 1. The Kier molecular flexibility index (Phi) is 3.08. The monoisotopic (exact) mass is 273 g/mol. The van der Waals surface area contributed by atoms with Crippen LogP contribution in [0.15, 0.2) is 6.07 Å². The van der Waals surface area contributed by atoms with Gasteiger partial charge >= 0.3 is 0 Å². The number of H-pyrrole nitrogens is 1. The van der Waals surface area contributed by atoms with E-state index in [4.69, 9.17) is 5.73 Å². The summed E-state index contributed by atoms with van der Waals surface area (Å²) in [7, 11) is 0. The second-order valence-electron chi connectivity index (χ2n) is 5.47. The van der Waals surface area contributed by atoms with E-state index in [0.29, 0.717) is 0 Å². The summed E-state index contributed by atoms with van der Waals surface area (Å²) in [5, 5.41) is 1.05. The molecule has 0 aliphatic carbocycles. The summed E-state index contributed by atoms with van der Waals surface area (Å²) >= 11 is 0. The molecule has 3 rings (SSSR count). The van der Waals surface area contributed by atoms with Gasteiger partial charge < -0.3 is 15.6 Å². The van der Waals surface area contributed by atoms with Gasteiger partial charge in [0.05, 0.1) is 5.39 Å². The Morgan fingerprint density at radius 1 is 1.35 bits per heavy atom. The van der Waals surface area contributed by atoms with E-state index in [1.54, 1.807) is 0 Å². The molecule has 6 nitrogen and oxygen atoms in total. The number of nitrogens with one attached hydrogen (secondary N) is 1. The normalized spacial score (nSPS) is 16.8. The standard InChI is InChI=1S/C14H19N5O/c1-8-7-11-13(16-8)17-9(2)18-14(11)19-5-3-10(4-6-19)12(15)20/h7,10H,3-6H2,1-2H3,(H2,15,20)(H,16,17,18).